The number of nitrogens with zero attached hydrogens (tertiary/aromatic N) is 1. The van der Waals surface area contributed by atoms with Crippen LogP contribution in [0.2, 0.25) is 0 Å². The Hall–Kier alpha value is -3.32. The zero-order chi connectivity index (χ0) is 24.3. The Morgan fingerprint density at radius 1 is 1.00 bits per heavy atom. The van der Waals surface area contributed by atoms with Crippen molar-refractivity contribution in [2.75, 3.05) is 16.6 Å². The Balaban J connectivity index is 1.61. The molecule has 0 saturated heterocycles. The SMILES string of the molecule is CC(C)Cc1ccc(S(=O)(=O)N2c3c(N)cccc3CC2C(=O)NCCc2ccccc2)cc1. The van der Waals surface area contributed by atoms with Gasteiger partial charge in [-0.1, -0.05) is 68.4 Å². The molecular weight excluding hydrogens is 446 g/mol. The lowest BCUT2D eigenvalue weighted by Gasteiger charge is -2.27. The molecule has 0 saturated carbocycles. The van der Waals surface area contributed by atoms with E-state index in [0.717, 1.165) is 23.1 Å². The predicted octanol–water partition coefficient (Wildman–Crippen LogP) is 3.95. The van der Waals surface area contributed by atoms with Gasteiger partial charge < -0.3 is 11.1 Å². The average molecular weight is 478 g/mol. The maximum absolute atomic E-state index is 13.8. The molecule has 0 aliphatic carbocycles. The molecule has 1 aliphatic rings. The first kappa shape index (κ1) is 23.8. The molecule has 7 heteroatoms. The molecule has 3 aromatic carbocycles. The van der Waals surface area contributed by atoms with Crippen LogP contribution in [0.3, 0.4) is 0 Å². The van der Waals surface area contributed by atoms with E-state index in [1.807, 2.05) is 48.5 Å². The summed E-state index contributed by atoms with van der Waals surface area (Å²) in [4.78, 5) is 13.4. The van der Waals surface area contributed by atoms with Gasteiger partial charge in [0.2, 0.25) is 5.91 Å². The monoisotopic (exact) mass is 477 g/mol. The third-order valence-electron chi connectivity index (χ3n) is 6.05. The van der Waals surface area contributed by atoms with Gasteiger partial charge in [0.25, 0.3) is 10.0 Å². The lowest BCUT2D eigenvalue weighted by Crippen LogP contribution is -2.48. The lowest BCUT2D eigenvalue weighted by molar-refractivity contribution is -0.122. The van der Waals surface area contributed by atoms with Crippen LogP contribution in [0.1, 0.15) is 30.5 Å². The summed E-state index contributed by atoms with van der Waals surface area (Å²) in [5, 5.41) is 2.93. The number of hydrogen-bond acceptors (Lipinski definition) is 4. The summed E-state index contributed by atoms with van der Waals surface area (Å²) in [6, 6.07) is 21.2. The van der Waals surface area contributed by atoms with Gasteiger partial charge in [0.1, 0.15) is 6.04 Å². The van der Waals surface area contributed by atoms with Gasteiger partial charge >= 0.3 is 0 Å². The van der Waals surface area contributed by atoms with Crippen molar-refractivity contribution in [3.05, 3.63) is 89.5 Å². The van der Waals surface area contributed by atoms with Crippen LogP contribution in [0, 0.1) is 5.92 Å². The summed E-state index contributed by atoms with van der Waals surface area (Å²) in [6.07, 6.45) is 1.81. The van der Waals surface area contributed by atoms with Crippen molar-refractivity contribution >= 4 is 27.3 Å². The minimum Gasteiger partial charge on any atom is -0.397 e. The second-order valence-electron chi connectivity index (χ2n) is 9.14. The Morgan fingerprint density at radius 2 is 1.71 bits per heavy atom. The van der Waals surface area contributed by atoms with Gasteiger partial charge in [0, 0.05) is 13.0 Å². The van der Waals surface area contributed by atoms with Gasteiger partial charge in [-0.15, -0.1) is 0 Å². The highest BCUT2D eigenvalue weighted by molar-refractivity contribution is 7.93. The predicted molar refractivity (Wildman–Crippen MR) is 136 cm³/mol. The Labute approximate surface area is 201 Å². The van der Waals surface area contributed by atoms with E-state index >= 15 is 0 Å². The van der Waals surface area contributed by atoms with Crippen molar-refractivity contribution in [2.45, 2.75) is 44.0 Å². The Bertz CT molecular complexity index is 1260. The van der Waals surface area contributed by atoms with E-state index < -0.39 is 16.1 Å². The van der Waals surface area contributed by atoms with Crippen molar-refractivity contribution in [3.63, 3.8) is 0 Å². The van der Waals surface area contributed by atoms with Gasteiger partial charge in [-0.3, -0.25) is 9.10 Å². The maximum atomic E-state index is 13.8. The molecule has 0 fully saturated rings. The average Bonchev–Trinajstić information content (AvgIpc) is 3.22. The van der Waals surface area contributed by atoms with Crippen molar-refractivity contribution in [1.82, 2.24) is 5.32 Å². The Kier molecular flexibility index (Phi) is 6.93. The highest BCUT2D eigenvalue weighted by Gasteiger charge is 2.43. The number of nitrogens with two attached hydrogens (primary N) is 1. The molecule has 1 heterocycles. The Morgan fingerprint density at radius 3 is 2.38 bits per heavy atom. The standard InChI is InChI=1S/C27H31N3O3S/c1-19(2)17-21-11-13-23(14-12-21)34(32,33)30-25(18-22-9-6-10-24(28)26(22)30)27(31)29-16-15-20-7-4-3-5-8-20/h3-14,19,25H,15-18,28H2,1-2H3,(H,29,31). The van der Waals surface area contributed by atoms with Crippen LogP contribution >= 0.6 is 0 Å². The van der Waals surface area contributed by atoms with E-state index in [0.29, 0.717) is 30.3 Å². The first-order valence-electron chi connectivity index (χ1n) is 11.6. The van der Waals surface area contributed by atoms with Crippen LogP contribution in [0.4, 0.5) is 11.4 Å². The van der Waals surface area contributed by atoms with Crippen LogP contribution in [0.15, 0.2) is 77.7 Å². The lowest BCUT2D eigenvalue weighted by atomic mass is 10.0. The largest absolute Gasteiger partial charge is 0.397 e. The third-order valence-corrected chi connectivity index (χ3v) is 7.87. The molecule has 4 rings (SSSR count). The van der Waals surface area contributed by atoms with Crippen molar-refractivity contribution in [1.29, 1.82) is 0 Å². The summed E-state index contributed by atoms with van der Waals surface area (Å²) in [5.41, 5.74) is 9.89. The van der Waals surface area contributed by atoms with E-state index in [1.54, 1.807) is 24.3 Å². The molecule has 0 aromatic heterocycles. The number of anilines is 2. The highest BCUT2D eigenvalue weighted by atomic mass is 32.2. The fraction of sp³-hybridized carbons (Fsp3) is 0.296. The van der Waals surface area contributed by atoms with Gasteiger partial charge in [-0.25, -0.2) is 8.42 Å². The molecule has 3 N–H and O–H groups in total. The molecule has 1 atom stereocenters. The molecule has 1 amide bonds. The van der Waals surface area contributed by atoms with E-state index in [1.165, 1.54) is 4.31 Å². The molecule has 0 bridgehead atoms. The number of nitrogen functional groups attached to an aromatic ring is 1. The van der Waals surface area contributed by atoms with E-state index in [-0.39, 0.29) is 17.2 Å². The molecule has 0 spiro atoms. The molecule has 1 aliphatic heterocycles. The number of rotatable bonds is 8. The van der Waals surface area contributed by atoms with Crippen LogP contribution in [-0.4, -0.2) is 26.9 Å². The van der Waals surface area contributed by atoms with Crippen LogP contribution in [0.25, 0.3) is 0 Å². The van der Waals surface area contributed by atoms with Gasteiger partial charge in [0.05, 0.1) is 16.3 Å². The number of nitrogens with one attached hydrogen (secondary N) is 1. The van der Waals surface area contributed by atoms with Gasteiger partial charge in [-0.2, -0.15) is 0 Å². The molecule has 178 valence electrons. The number of sulfonamides is 1. The fourth-order valence-corrected chi connectivity index (χ4v) is 6.13. The minimum atomic E-state index is -4.00. The molecule has 0 radical (unpaired) electrons. The molecule has 6 nitrogen and oxygen atoms in total. The number of benzene rings is 3. The number of carbonyl (C=O) groups is 1. The number of carbonyl (C=O) groups excluding carboxylic acids is 1. The van der Waals surface area contributed by atoms with Crippen LogP contribution < -0.4 is 15.4 Å². The van der Waals surface area contributed by atoms with Crippen LogP contribution in [0.5, 0.6) is 0 Å². The fourth-order valence-electron chi connectivity index (χ4n) is 4.45. The van der Waals surface area contributed by atoms with Crippen LogP contribution in [-0.2, 0) is 34.1 Å². The first-order valence-corrected chi connectivity index (χ1v) is 13.0. The number of hydrogen-bond donors (Lipinski definition) is 2. The second kappa shape index (κ2) is 9.89. The zero-order valence-corrected chi connectivity index (χ0v) is 20.4. The molecule has 34 heavy (non-hydrogen) atoms. The van der Waals surface area contributed by atoms with Crippen molar-refractivity contribution < 1.29 is 13.2 Å². The second-order valence-corrected chi connectivity index (χ2v) is 11.0. The maximum Gasteiger partial charge on any atom is 0.265 e. The molecular formula is C27H31N3O3S. The minimum absolute atomic E-state index is 0.151. The number of fused-ring (bicyclic) bond motifs is 1. The molecule has 1 unspecified atom stereocenters. The van der Waals surface area contributed by atoms with Crippen molar-refractivity contribution in [3.8, 4) is 0 Å². The zero-order valence-electron chi connectivity index (χ0n) is 19.6. The normalized spacial score (nSPS) is 15.4. The van der Waals surface area contributed by atoms with E-state index in [4.69, 9.17) is 5.73 Å². The topological polar surface area (TPSA) is 92.5 Å². The first-order chi connectivity index (χ1) is 16.3. The number of para-hydroxylation sites is 1. The summed E-state index contributed by atoms with van der Waals surface area (Å²) in [7, 11) is -4.00. The van der Waals surface area contributed by atoms with E-state index in [9.17, 15) is 13.2 Å². The van der Waals surface area contributed by atoms with E-state index in [2.05, 4.69) is 19.2 Å². The van der Waals surface area contributed by atoms with Crippen molar-refractivity contribution in [2.24, 2.45) is 5.92 Å². The highest BCUT2D eigenvalue weighted by Crippen LogP contribution is 2.41. The molecule has 3 aromatic rings. The summed E-state index contributed by atoms with van der Waals surface area (Å²) in [6.45, 7) is 4.66. The van der Waals surface area contributed by atoms with Gasteiger partial charge in [-0.05, 0) is 53.6 Å². The third kappa shape index (κ3) is 4.94. The summed E-state index contributed by atoms with van der Waals surface area (Å²) < 4.78 is 28.8. The van der Waals surface area contributed by atoms with Gasteiger partial charge in [0.15, 0.2) is 0 Å². The summed E-state index contributed by atoms with van der Waals surface area (Å²) in [5.74, 6) is 0.142. The number of amides is 1. The summed E-state index contributed by atoms with van der Waals surface area (Å²) >= 11 is 0. The smallest absolute Gasteiger partial charge is 0.265 e. The quantitative estimate of drug-likeness (QED) is 0.481.